The van der Waals surface area contributed by atoms with Gasteiger partial charge >= 0.3 is 0 Å². The van der Waals surface area contributed by atoms with Gasteiger partial charge in [-0.15, -0.1) is 11.3 Å². The molecule has 6 nitrogen and oxygen atoms in total. The average Bonchev–Trinajstić information content (AvgIpc) is 3.15. The number of hydrogen-bond acceptors (Lipinski definition) is 5. The third kappa shape index (κ3) is 5.02. The Labute approximate surface area is 177 Å². The van der Waals surface area contributed by atoms with Crippen molar-refractivity contribution >= 4 is 49.3 Å². The van der Waals surface area contributed by atoms with Crippen molar-refractivity contribution in [1.29, 1.82) is 0 Å². The van der Waals surface area contributed by atoms with Gasteiger partial charge < -0.3 is 9.64 Å². The molecular formula is C19H21BrN2O4S2. The van der Waals surface area contributed by atoms with Crippen molar-refractivity contribution in [3.63, 3.8) is 0 Å². The summed E-state index contributed by atoms with van der Waals surface area (Å²) in [6.45, 7) is 3.87. The highest BCUT2D eigenvalue weighted by molar-refractivity contribution is 9.11. The maximum atomic E-state index is 12.6. The number of benzene rings is 1. The second-order valence-electron chi connectivity index (χ2n) is 6.12. The van der Waals surface area contributed by atoms with Gasteiger partial charge in [-0.25, -0.2) is 8.42 Å². The van der Waals surface area contributed by atoms with E-state index in [1.165, 1.54) is 21.7 Å². The minimum atomic E-state index is -3.50. The lowest BCUT2D eigenvalue weighted by Crippen LogP contribution is -2.50. The Morgan fingerprint density at radius 3 is 2.39 bits per heavy atom. The van der Waals surface area contributed by atoms with Crippen LogP contribution in [0.5, 0.6) is 5.75 Å². The standard InChI is InChI=1S/C19H21BrN2O4S2/c1-2-26-16-6-3-15(4-7-16)5-9-18(23)21-11-13-22(14-12-21)28(24,25)19-10-8-17(20)27-19/h3-10H,2,11-14H2,1H3/b9-5+. The predicted molar refractivity (Wildman–Crippen MR) is 114 cm³/mol. The lowest BCUT2D eigenvalue weighted by molar-refractivity contribution is -0.127. The first kappa shape index (κ1) is 21.0. The summed E-state index contributed by atoms with van der Waals surface area (Å²) < 4.78 is 33.2. The lowest BCUT2D eigenvalue weighted by Gasteiger charge is -2.33. The van der Waals surface area contributed by atoms with Crippen LogP contribution in [0.15, 0.2) is 50.5 Å². The molecule has 2 aromatic rings. The summed E-state index contributed by atoms with van der Waals surface area (Å²) in [6.07, 6.45) is 3.28. The van der Waals surface area contributed by atoms with Crippen LogP contribution in [0.2, 0.25) is 0 Å². The van der Waals surface area contributed by atoms with Gasteiger partial charge in [0, 0.05) is 32.3 Å². The summed E-state index contributed by atoms with van der Waals surface area (Å²) in [5.74, 6) is 0.672. The Morgan fingerprint density at radius 1 is 1.14 bits per heavy atom. The smallest absolute Gasteiger partial charge is 0.252 e. The van der Waals surface area contributed by atoms with Gasteiger partial charge in [0.2, 0.25) is 5.91 Å². The SMILES string of the molecule is CCOc1ccc(/C=C/C(=O)N2CCN(S(=O)(=O)c3ccc(Br)s3)CC2)cc1. The Bertz CT molecular complexity index is 947. The van der Waals surface area contributed by atoms with Crippen molar-refractivity contribution in [3.8, 4) is 5.75 Å². The van der Waals surface area contributed by atoms with Crippen LogP contribution in [-0.2, 0) is 14.8 Å². The molecule has 1 aromatic heterocycles. The quantitative estimate of drug-likeness (QED) is 0.588. The fourth-order valence-corrected chi connectivity index (χ4v) is 6.41. The molecule has 1 amide bonds. The predicted octanol–water partition coefficient (Wildman–Crippen LogP) is 3.46. The van der Waals surface area contributed by atoms with Gasteiger partial charge in [-0.3, -0.25) is 4.79 Å². The molecule has 150 valence electrons. The van der Waals surface area contributed by atoms with Crippen LogP contribution in [-0.4, -0.2) is 56.3 Å². The zero-order valence-corrected chi connectivity index (χ0v) is 18.6. The molecule has 0 unspecified atom stereocenters. The first-order valence-corrected chi connectivity index (χ1v) is 11.9. The van der Waals surface area contributed by atoms with Crippen LogP contribution >= 0.6 is 27.3 Å². The number of nitrogens with zero attached hydrogens (tertiary/aromatic N) is 2. The molecule has 9 heteroatoms. The lowest BCUT2D eigenvalue weighted by atomic mass is 10.2. The molecule has 0 bridgehead atoms. The molecule has 0 N–H and O–H groups in total. The maximum Gasteiger partial charge on any atom is 0.252 e. The third-order valence-electron chi connectivity index (χ3n) is 4.30. The van der Waals surface area contributed by atoms with Crippen LogP contribution in [0.3, 0.4) is 0 Å². The molecule has 1 aromatic carbocycles. The number of carbonyl (C=O) groups is 1. The van der Waals surface area contributed by atoms with E-state index in [-0.39, 0.29) is 5.91 Å². The van der Waals surface area contributed by atoms with Crippen molar-refractivity contribution in [3.05, 3.63) is 51.8 Å². The molecule has 0 aliphatic carbocycles. The summed E-state index contributed by atoms with van der Waals surface area (Å²) in [7, 11) is -3.50. The number of piperazine rings is 1. The molecular weight excluding hydrogens is 464 g/mol. The number of amides is 1. The summed E-state index contributed by atoms with van der Waals surface area (Å²) in [5.41, 5.74) is 0.904. The second-order valence-corrected chi connectivity index (χ2v) is 10.8. The van der Waals surface area contributed by atoms with Crippen LogP contribution in [0.25, 0.3) is 6.08 Å². The zero-order chi connectivity index (χ0) is 20.1. The van der Waals surface area contributed by atoms with E-state index in [0.717, 1.165) is 15.1 Å². The minimum Gasteiger partial charge on any atom is -0.494 e. The highest BCUT2D eigenvalue weighted by atomic mass is 79.9. The monoisotopic (exact) mass is 484 g/mol. The number of ether oxygens (including phenoxy) is 1. The molecule has 3 rings (SSSR count). The normalized spacial score (nSPS) is 15.9. The van der Waals surface area contributed by atoms with Gasteiger partial charge in [-0.05, 0) is 58.8 Å². The molecule has 28 heavy (non-hydrogen) atoms. The fourth-order valence-electron chi connectivity index (χ4n) is 2.83. The third-order valence-corrected chi connectivity index (χ3v) is 8.29. The van der Waals surface area contributed by atoms with Gasteiger partial charge in [0.25, 0.3) is 10.0 Å². The van der Waals surface area contributed by atoms with Crippen molar-refractivity contribution in [2.45, 2.75) is 11.1 Å². The Kier molecular flexibility index (Phi) is 6.92. The number of rotatable bonds is 6. The summed E-state index contributed by atoms with van der Waals surface area (Å²) >= 11 is 4.48. The van der Waals surface area contributed by atoms with E-state index in [1.807, 2.05) is 31.2 Å². The first-order valence-electron chi connectivity index (χ1n) is 8.85. The molecule has 0 spiro atoms. The van der Waals surface area contributed by atoms with E-state index in [0.29, 0.717) is 37.0 Å². The Hall–Kier alpha value is -1.68. The van der Waals surface area contributed by atoms with Gasteiger partial charge in [0.1, 0.15) is 9.96 Å². The topological polar surface area (TPSA) is 66.9 Å². The van der Waals surface area contributed by atoms with Crippen LogP contribution in [0.4, 0.5) is 0 Å². The van der Waals surface area contributed by atoms with E-state index in [4.69, 9.17) is 4.74 Å². The van der Waals surface area contributed by atoms with Crippen molar-refractivity contribution in [2.75, 3.05) is 32.8 Å². The van der Waals surface area contributed by atoms with Gasteiger partial charge in [-0.2, -0.15) is 4.31 Å². The van der Waals surface area contributed by atoms with Crippen molar-refractivity contribution < 1.29 is 17.9 Å². The molecule has 0 atom stereocenters. The van der Waals surface area contributed by atoms with E-state index in [9.17, 15) is 13.2 Å². The Morgan fingerprint density at radius 2 is 1.82 bits per heavy atom. The highest BCUT2D eigenvalue weighted by Crippen LogP contribution is 2.29. The van der Waals surface area contributed by atoms with E-state index in [2.05, 4.69) is 15.9 Å². The molecule has 0 saturated carbocycles. The van der Waals surface area contributed by atoms with Crippen LogP contribution in [0, 0.1) is 0 Å². The molecule has 1 aliphatic heterocycles. The summed E-state index contributed by atoms with van der Waals surface area (Å²) in [6, 6.07) is 10.8. The van der Waals surface area contributed by atoms with Gasteiger partial charge in [-0.1, -0.05) is 12.1 Å². The number of hydrogen-bond donors (Lipinski definition) is 0. The molecule has 1 saturated heterocycles. The highest BCUT2D eigenvalue weighted by Gasteiger charge is 2.30. The van der Waals surface area contributed by atoms with E-state index < -0.39 is 10.0 Å². The summed E-state index contributed by atoms with van der Waals surface area (Å²) in [4.78, 5) is 14.1. The maximum absolute atomic E-state index is 12.6. The van der Waals surface area contributed by atoms with E-state index in [1.54, 1.807) is 23.1 Å². The number of thiophene rings is 1. The fraction of sp³-hybridized carbons (Fsp3) is 0.316. The summed E-state index contributed by atoms with van der Waals surface area (Å²) in [5, 5.41) is 0. The molecule has 2 heterocycles. The van der Waals surface area contributed by atoms with Crippen LogP contribution < -0.4 is 4.74 Å². The Balaban J connectivity index is 1.56. The molecule has 1 aliphatic rings. The van der Waals surface area contributed by atoms with Gasteiger partial charge in [0.05, 0.1) is 10.4 Å². The van der Waals surface area contributed by atoms with E-state index >= 15 is 0 Å². The number of sulfonamides is 1. The number of halogens is 1. The van der Waals surface area contributed by atoms with Crippen molar-refractivity contribution in [1.82, 2.24) is 9.21 Å². The zero-order valence-electron chi connectivity index (χ0n) is 15.4. The molecule has 1 fully saturated rings. The largest absolute Gasteiger partial charge is 0.494 e. The number of carbonyl (C=O) groups excluding carboxylic acids is 1. The minimum absolute atomic E-state index is 0.121. The van der Waals surface area contributed by atoms with Crippen molar-refractivity contribution in [2.24, 2.45) is 0 Å². The van der Waals surface area contributed by atoms with Gasteiger partial charge in [0.15, 0.2) is 0 Å². The van der Waals surface area contributed by atoms with Crippen LogP contribution in [0.1, 0.15) is 12.5 Å². The average molecular weight is 485 g/mol. The second kappa shape index (κ2) is 9.21. The first-order chi connectivity index (χ1) is 13.4. The molecule has 0 radical (unpaired) electrons.